The van der Waals surface area contributed by atoms with Crippen LogP contribution in [0.15, 0.2) is 0 Å². The van der Waals surface area contributed by atoms with Crippen molar-refractivity contribution in [3.05, 3.63) is 0 Å². The van der Waals surface area contributed by atoms with Gasteiger partial charge in [-0.15, -0.1) is 0 Å². The second kappa shape index (κ2) is 77.8. The van der Waals surface area contributed by atoms with E-state index in [1.807, 2.05) is 0 Å². The van der Waals surface area contributed by atoms with E-state index in [0.29, 0.717) is 31.6 Å². The average molecular weight is 1520 g/mol. The van der Waals surface area contributed by atoms with Crippen molar-refractivity contribution in [2.45, 2.75) is 477 Å². The minimum Gasteiger partial charge on any atom is -0.462 e. The normalized spacial score (nSPS) is 13.8. The molecule has 0 amide bonds. The number of aliphatic hydroxyl groups is 1. The fraction of sp³-hybridized carbons (Fsp3) is 0.953. The van der Waals surface area contributed by atoms with Crippen molar-refractivity contribution in [3.63, 3.8) is 0 Å². The van der Waals surface area contributed by atoms with Crippen molar-refractivity contribution < 1.29 is 80.2 Å². The number of esters is 4. The molecule has 3 N–H and O–H groups in total. The molecule has 0 heterocycles. The van der Waals surface area contributed by atoms with E-state index in [0.717, 1.165) is 96.3 Å². The molecule has 0 fully saturated rings. The van der Waals surface area contributed by atoms with Gasteiger partial charge in [0.15, 0.2) is 12.2 Å². The molecule has 0 bridgehead atoms. The molecule has 0 rings (SSSR count). The van der Waals surface area contributed by atoms with Gasteiger partial charge < -0.3 is 33.8 Å². The molecule has 618 valence electrons. The van der Waals surface area contributed by atoms with Crippen LogP contribution in [0.3, 0.4) is 0 Å². The molecule has 0 aliphatic carbocycles. The van der Waals surface area contributed by atoms with Gasteiger partial charge >= 0.3 is 39.5 Å². The molecule has 0 aromatic carbocycles. The summed E-state index contributed by atoms with van der Waals surface area (Å²) in [5.41, 5.74) is 0. The predicted molar refractivity (Wildman–Crippen MR) is 428 cm³/mol. The number of carbonyl (C=O) groups excluding carboxylic acids is 4. The highest BCUT2D eigenvalue weighted by atomic mass is 31.2. The summed E-state index contributed by atoms with van der Waals surface area (Å²) in [6, 6.07) is 0. The van der Waals surface area contributed by atoms with Gasteiger partial charge in [0.05, 0.1) is 26.4 Å². The Hall–Kier alpha value is -1.94. The zero-order valence-corrected chi connectivity index (χ0v) is 70.0. The predicted octanol–water partition coefficient (Wildman–Crippen LogP) is 26.0. The monoisotopic (exact) mass is 1520 g/mol. The van der Waals surface area contributed by atoms with Crippen LogP contribution in [0, 0.1) is 5.92 Å². The first-order chi connectivity index (χ1) is 50.5. The van der Waals surface area contributed by atoms with Crippen molar-refractivity contribution in [1.82, 2.24) is 0 Å². The third-order valence-electron chi connectivity index (χ3n) is 20.0. The number of rotatable bonds is 85. The summed E-state index contributed by atoms with van der Waals surface area (Å²) < 4.78 is 68.8. The SMILES string of the molecule is CCCCCCCCCCCCCCCCCCCCCCC(=O)OC[C@H](COP(=O)(O)OC[C@@H](O)COP(=O)(O)OC[C@@H](COC(=O)CCCCCCCCCC(C)C)OC(=O)CCCCCCCCCCCCCCCC)OC(=O)CCCCCCCCCCCCCCCCCCCCCC. The second-order valence-electron chi connectivity index (χ2n) is 31.1. The molecule has 2 unspecified atom stereocenters. The van der Waals surface area contributed by atoms with Crippen LogP contribution in [-0.2, 0) is 65.4 Å². The van der Waals surface area contributed by atoms with Crippen molar-refractivity contribution in [1.29, 1.82) is 0 Å². The summed E-state index contributed by atoms with van der Waals surface area (Å²) in [5, 5.41) is 10.7. The second-order valence-corrected chi connectivity index (χ2v) is 34.0. The van der Waals surface area contributed by atoms with Gasteiger partial charge in [-0.1, -0.05) is 407 Å². The number of phosphoric ester groups is 2. The lowest BCUT2D eigenvalue weighted by atomic mass is 10.0. The van der Waals surface area contributed by atoms with Gasteiger partial charge in [0.2, 0.25) is 0 Å². The van der Waals surface area contributed by atoms with E-state index in [-0.39, 0.29) is 25.7 Å². The molecule has 0 saturated carbocycles. The first-order valence-corrected chi connectivity index (χ1v) is 47.1. The van der Waals surface area contributed by atoms with Gasteiger partial charge in [-0.25, -0.2) is 9.13 Å². The minimum absolute atomic E-state index is 0.108. The lowest BCUT2D eigenvalue weighted by molar-refractivity contribution is -0.161. The topological polar surface area (TPSA) is 237 Å². The molecular formula is C85H166O17P2. The van der Waals surface area contributed by atoms with Crippen LogP contribution in [0.1, 0.15) is 458 Å². The lowest BCUT2D eigenvalue weighted by Crippen LogP contribution is -2.30. The first-order valence-electron chi connectivity index (χ1n) is 44.1. The van der Waals surface area contributed by atoms with E-state index in [4.69, 9.17) is 37.0 Å². The van der Waals surface area contributed by atoms with E-state index < -0.39 is 97.5 Å². The quantitative estimate of drug-likeness (QED) is 0.0222. The van der Waals surface area contributed by atoms with Crippen molar-refractivity contribution >= 4 is 39.5 Å². The van der Waals surface area contributed by atoms with Gasteiger partial charge in [-0.05, 0) is 31.6 Å². The molecule has 5 atom stereocenters. The van der Waals surface area contributed by atoms with Gasteiger partial charge in [0, 0.05) is 25.7 Å². The average Bonchev–Trinajstić information content (AvgIpc) is 0.915. The Morgan fingerprint density at radius 2 is 0.442 bits per heavy atom. The lowest BCUT2D eigenvalue weighted by Gasteiger charge is -2.21. The van der Waals surface area contributed by atoms with Crippen LogP contribution >= 0.6 is 15.6 Å². The fourth-order valence-corrected chi connectivity index (χ4v) is 14.9. The number of hydrogen-bond acceptors (Lipinski definition) is 15. The Bertz CT molecular complexity index is 1980. The van der Waals surface area contributed by atoms with E-state index in [1.54, 1.807) is 0 Å². The van der Waals surface area contributed by atoms with Crippen molar-refractivity contribution in [3.8, 4) is 0 Å². The molecule has 0 radical (unpaired) electrons. The number of unbranched alkanes of at least 4 members (excludes halogenated alkanes) is 57. The fourth-order valence-electron chi connectivity index (χ4n) is 13.3. The highest BCUT2D eigenvalue weighted by molar-refractivity contribution is 7.47. The summed E-state index contributed by atoms with van der Waals surface area (Å²) in [6.07, 6.45) is 71.0. The van der Waals surface area contributed by atoms with Crippen molar-refractivity contribution in [2.75, 3.05) is 39.6 Å². The molecule has 104 heavy (non-hydrogen) atoms. The van der Waals surface area contributed by atoms with E-state index in [2.05, 4.69) is 34.6 Å². The number of hydrogen-bond donors (Lipinski definition) is 3. The van der Waals surface area contributed by atoms with Crippen molar-refractivity contribution in [2.24, 2.45) is 5.92 Å². The van der Waals surface area contributed by atoms with E-state index in [1.165, 1.54) is 276 Å². The molecule has 17 nitrogen and oxygen atoms in total. The van der Waals surface area contributed by atoms with Gasteiger partial charge in [-0.2, -0.15) is 0 Å². The summed E-state index contributed by atoms with van der Waals surface area (Å²) in [7, 11) is -9.92. The number of phosphoric acid groups is 2. The third kappa shape index (κ3) is 78.2. The maximum atomic E-state index is 13.1. The van der Waals surface area contributed by atoms with Crippen LogP contribution in [0.5, 0.6) is 0 Å². The summed E-state index contributed by atoms with van der Waals surface area (Å²) in [4.78, 5) is 73.1. The summed E-state index contributed by atoms with van der Waals surface area (Å²) >= 11 is 0. The highest BCUT2D eigenvalue weighted by Gasteiger charge is 2.30. The van der Waals surface area contributed by atoms with Gasteiger partial charge in [-0.3, -0.25) is 37.3 Å². The maximum Gasteiger partial charge on any atom is 0.472 e. The van der Waals surface area contributed by atoms with E-state index in [9.17, 15) is 43.2 Å². The molecule has 0 spiro atoms. The number of ether oxygens (including phenoxy) is 4. The first kappa shape index (κ1) is 102. The number of carbonyl (C=O) groups is 4. The van der Waals surface area contributed by atoms with Crippen LogP contribution in [0.25, 0.3) is 0 Å². The molecule has 19 heteroatoms. The summed E-state index contributed by atoms with van der Waals surface area (Å²) in [5.74, 6) is -1.40. The van der Waals surface area contributed by atoms with E-state index >= 15 is 0 Å². The molecule has 0 aliphatic heterocycles. The number of aliphatic hydroxyl groups excluding tert-OH is 1. The highest BCUT2D eigenvalue weighted by Crippen LogP contribution is 2.45. The standard InChI is InChI=1S/C85H166O17P2/c1-6-9-12-15-18-21-24-27-30-32-34-36-38-40-43-45-48-53-58-63-68-82(87)95-74-80(101-84(89)71-66-61-55-50-47-44-41-39-37-35-33-31-28-25-22-19-16-13-10-7-2)76-99-103(91,92)97-72-79(86)73-98-104(93,94)100-77-81(75-96-83(88)69-64-59-56-51-52-57-62-67-78(4)5)102-85(90)70-65-60-54-49-46-42-29-26-23-20-17-14-11-8-3/h78-81,86H,6-77H2,1-5H3,(H,91,92)(H,93,94)/t79-,80-,81-/m1/s1. The Balaban J connectivity index is 5.21. The van der Waals surface area contributed by atoms with Gasteiger partial charge in [0.25, 0.3) is 0 Å². The zero-order valence-electron chi connectivity index (χ0n) is 68.2. The Morgan fingerprint density at radius 3 is 0.654 bits per heavy atom. The van der Waals surface area contributed by atoms with Crippen LogP contribution in [0.2, 0.25) is 0 Å². The van der Waals surface area contributed by atoms with Crippen LogP contribution in [0.4, 0.5) is 0 Å². The third-order valence-corrected chi connectivity index (χ3v) is 21.9. The van der Waals surface area contributed by atoms with Gasteiger partial charge in [0.1, 0.15) is 19.3 Å². The van der Waals surface area contributed by atoms with Crippen LogP contribution < -0.4 is 0 Å². The van der Waals surface area contributed by atoms with Crippen LogP contribution in [-0.4, -0.2) is 96.7 Å². The Morgan fingerprint density at radius 1 is 0.260 bits per heavy atom. The Kier molecular flexibility index (Phi) is 76.3. The zero-order chi connectivity index (χ0) is 76.2. The molecule has 0 saturated heterocycles. The molecule has 0 aromatic rings. The summed E-state index contributed by atoms with van der Waals surface area (Å²) in [6.45, 7) is 7.30. The molecule has 0 aromatic heterocycles. The molecular weight excluding hydrogens is 1350 g/mol. The minimum atomic E-state index is -4.96. The molecule has 0 aliphatic rings. The largest absolute Gasteiger partial charge is 0.472 e. The Labute approximate surface area is 638 Å². The maximum absolute atomic E-state index is 13.1. The smallest absolute Gasteiger partial charge is 0.462 e.